The molecule has 1 aliphatic rings. The standard InChI is InChI=1S/C18H25N5.HI/c19-18(22-11-6-1-2-7-12-22)21-14-17-20-10-13-23(17)15-16-8-4-3-5-9-16;/h3-5,8-10,13H,1-2,6-7,11-12,14-15H2,(H2,19,21);1H. The normalized spacial score (nSPS) is 15.7. The largest absolute Gasteiger partial charge is 0.370 e. The summed E-state index contributed by atoms with van der Waals surface area (Å²) in [4.78, 5) is 11.2. The molecule has 0 radical (unpaired) electrons. The first kappa shape index (κ1) is 18.8. The molecule has 130 valence electrons. The maximum absolute atomic E-state index is 6.18. The molecule has 1 saturated heterocycles. The number of hydrogen-bond acceptors (Lipinski definition) is 2. The van der Waals surface area contributed by atoms with Gasteiger partial charge in [-0.1, -0.05) is 43.2 Å². The van der Waals surface area contributed by atoms with E-state index in [4.69, 9.17) is 5.73 Å². The SMILES string of the molecule is I.NC(=NCc1nccn1Cc1ccccc1)N1CCCCCC1. The van der Waals surface area contributed by atoms with Gasteiger partial charge >= 0.3 is 0 Å². The zero-order valence-corrected chi connectivity index (χ0v) is 16.3. The molecular formula is C18H26IN5. The summed E-state index contributed by atoms with van der Waals surface area (Å²) in [7, 11) is 0. The van der Waals surface area contributed by atoms with Crippen molar-refractivity contribution in [2.75, 3.05) is 13.1 Å². The second kappa shape index (κ2) is 9.66. The third kappa shape index (κ3) is 5.22. The summed E-state index contributed by atoms with van der Waals surface area (Å²) >= 11 is 0. The molecule has 5 nitrogen and oxygen atoms in total. The van der Waals surface area contributed by atoms with Gasteiger partial charge in [0.15, 0.2) is 5.96 Å². The third-order valence-corrected chi connectivity index (χ3v) is 4.31. The molecule has 2 N–H and O–H groups in total. The monoisotopic (exact) mass is 439 g/mol. The number of aliphatic imine (C=N–C) groups is 1. The second-order valence-corrected chi connectivity index (χ2v) is 6.03. The Morgan fingerprint density at radius 2 is 1.79 bits per heavy atom. The van der Waals surface area contributed by atoms with Gasteiger partial charge in [0.1, 0.15) is 12.4 Å². The Morgan fingerprint density at radius 1 is 1.08 bits per heavy atom. The van der Waals surface area contributed by atoms with Crippen molar-refractivity contribution >= 4 is 29.9 Å². The van der Waals surface area contributed by atoms with Crippen LogP contribution in [0.2, 0.25) is 0 Å². The Kier molecular flexibility index (Phi) is 7.55. The van der Waals surface area contributed by atoms with Gasteiger partial charge < -0.3 is 15.2 Å². The number of aromatic nitrogens is 2. The lowest BCUT2D eigenvalue weighted by molar-refractivity contribution is 0.428. The first-order valence-electron chi connectivity index (χ1n) is 8.42. The summed E-state index contributed by atoms with van der Waals surface area (Å²) in [5.74, 6) is 1.60. The van der Waals surface area contributed by atoms with Crippen LogP contribution < -0.4 is 5.73 Å². The number of hydrogen-bond donors (Lipinski definition) is 1. The van der Waals surface area contributed by atoms with E-state index in [0.717, 1.165) is 25.5 Å². The Morgan fingerprint density at radius 3 is 2.50 bits per heavy atom. The minimum atomic E-state index is 0. The van der Waals surface area contributed by atoms with Gasteiger partial charge in [0.2, 0.25) is 0 Å². The summed E-state index contributed by atoms with van der Waals surface area (Å²) in [6.07, 6.45) is 8.84. The van der Waals surface area contributed by atoms with Gasteiger partial charge in [-0.15, -0.1) is 24.0 Å². The van der Waals surface area contributed by atoms with Crippen LogP contribution in [0.5, 0.6) is 0 Å². The summed E-state index contributed by atoms with van der Waals surface area (Å²) in [5.41, 5.74) is 7.44. The van der Waals surface area contributed by atoms with E-state index in [1.807, 2.05) is 18.5 Å². The molecular weight excluding hydrogens is 413 g/mol. The highest BCUT2D eigenvalue weighted by atomic mass is 127. The molecule has 1 aromatic heterocycles. The number of guanidine groups is 1. The molecule has 0 spiro atoms. The lowest BCUT2D eigenvalue weighted by Gasteiger charge is -2.21. The molecule has 24 heavy (non-hydrogen) atoms. The van der Waals surface area contributed by atoms with Crippen LogP contribution in [0.4, 0.5) is 0 Å². The Bertz CT molecular complexity index is 630. The third-order valence-electron chi connectivity index (χ3n) is 4.31. The molecule has 1 fully saturated rings. The van der Waals surface area contributed by atoms with Crippen LogP contribution in [-0.4, -0.2) is 33.5 Å². The van der Waals surface area contributed by atoms with Crippen molar-refractivity contribution in [3.63, 3.8) is 0 Å². The Hall–Kier alpha value is -1.57. The van der Waals surface area contributed by atoms with Crippen LogP contribution in [0, 0.1) is 0 Å². The molecule has 0 atom stereocenters. The minimum Gasteiger partial charge on any atom is -0.370 e. The van der Waals surface area contributed by atoms with Gasteiger partial charge in [-0.3, -0.25) is 0 Å². The van der Waals surface area contributed by atoms with Gasteiger partial charge in [-0.2, -0.15) is 0 Å². The lowest BCUT2D eigenvalue weighted by atomic mass is 10.2. The highest BCUT2D eigenvalue weighted by Crippen LogP contribution is 2.10. The number of nitrogens with two attached hydrogens (primary N) is 1. The average molecular weight is 439 g/mol. The summed E-state index contributed by atoms with van der Waals surface area (Å²) in [6.45, 7) is 3.39. The Balaban J connectivity index is 0.00000208. The van der Waals surface area contributed by atoms with Crippen LogP contribution in [0.3, 0.4) is 0 Å². The molecule has 1 aliphatic heterocycles. The van der Waals surface area contributed by atoms with Crippen molar-refractivity contribution in [1.82, 2.24) is 14.5 Å². The fourth-order valence-corrected chi connectivity index (χ4v) is 2.97. The summed E-state index contributed by atoms with van der Waals surface area (Å²) in [6, 6.07) is 10.4. The van der Waals surface area contributed by atoms with Crippen LogP contribution in [-0.2, 0) is 13.1 Å². The zero-order chi connectivity index (χ0) is 15.9. The predicted molar refractivity (Wildman–Crippen MR) is 109 cm³/mol. The number of imidazole rings is 1. The summed E-state index contributed by atoms with van der Waals surface area (Å²) in [5, 5.41) is 0. The highest BCUT2D eigenvalue weighted by Gasteiger charge is 2.11. The van der Waals surface area contributed by atoms with Crippen LogP contribution >= 0.6 is 24.0 Å². The van der Waals surface area contributed by atoms with Crippen molar-refractivity contribution in [2.24, 2.45) is 10.7 Å². The quantitative estimate of drug-likeness (QED) is 0.452. The van der Waals surface area contributed by atoms with E-state index >= 15 is 0 Å². The van der Waals surface area contributed by atoms with Crippen molar-refractivity contribution in [1.29, 1.82) is 0 Å². The number of halogens is 1. The molecule has 2 aromatic rings. The van der Waals surface area contributed by atoms with E-state index in [9.17, 15) is 0 Å². The molecule has 3 rings (SSSR count). The van der Waals surface area contributed by atoms with E-state index in [-0.39, 0.29) is 24.0 Å². The molecule has 6 heteroatoms. The predicted octanol–water partition coefficient (Wildman–Crippen LogP) is 3.24. The highest BCUT2D eigenvalue weighted by molar-refractivity contribution is 14.0. The zero-order valence-electron chi connectivity index (χ0n) is 14.0. The van der Waals surface area contributed by atoms with Crippen molar-refractivity contribution in [3.8, 4) is 0 Å². The molecule has 0 bridgehead atoms. The number of benzene rings is 1. The van der Waals surface area contributed by atoms with E-state index in [1.165, 1.54) is 31.2 Å². The second-order valence-electron chi connectivity index (χ2n) is 6.03. The van der Waals surface area contributed by atoms with Gasteiger partial charge in [0.25, 0.3) is 0 Å². The lowest BCUT2D eigenvalue weighted by Crippen LogP contribution is -2.38. The van der Waals surface area contributed by atoms with Crippen molar-refractivity contribution in [2.45, 2.75) is 38.8 Å². The maximum Gasteiger partial charge on any atom is 0.191 e. The van der Waals surface area contributed by atoms with Gasteiger partial charge in [-0.25, -0.2) is 9.98 Å². The molecule has 0 saturated carbocycles. The van der Waals surface area contributed by atoms with Gasteiger partial charge in [0, 0.05) is 32.0 Å². The number of nitrogens with zero attached hydrogens (tertiary/aromatic N) is 4. The molecule has 0 unspecified atom stereocenters. The minimum absolute atomic E-state index is 0. The van der Waals surface area contributed by atoms with Crippen molar-refractivity contribution in [3.05, 3.63) is 54.1 Å². The van der Waals surface area contributed by atoms with Gasteiger partial charge in [-0.05, 0) is 18.4 Å². The number of rotatable bonds is 4. The first-order chi connectivity index (χ1) is 11.3. The van der Waals surface area contributed by atoms with Crippen LogP contribution in [0.15, 0.2) is 47.7 Å². The number of likely N-dealkylation sites (tertiary alicyclic amines) is 1. The first-order valence-corrected chi connectivity index (χ1v) is 8.42. The maximum atomic E-state index is 6.18. The molecule has 2 heterocycles. The Labute approximate surface area is 161 Å². The molecule has 1 aromatic carbocycles. The van der Waals surface area contributed by atoms with Crippen LogP contribution in [0.1, 0.15) is 37.1 Å². The van der Waals surface area contributed by atoms with Crippen molar-refractivity contribution < 1.29 is 0 Å². The van der Waals surface area contributed by atoms with Gasteiger partial charge in [0.05, 0.1) is 0 Å². The van der Waals surface area contributed by atoms with E-state index in [2.05, 4.69) is 43.7 Å². The molecule has 0 amide bonds. The fourth-order valence-electron chi connectivity index (χ4n) is 2.97. The smallest absolute Gasteiger partial charge is 0.191 e. The topological polar surface area (TPSA) is 59.4 Å². The average Bonchev–Trinajstić information content (AvgIpc) is 2.84. The van der Waals surface area contributed by atoms with Crippen LogP contribution in [0.25, 0.3) is 0 Å². The summed E-state index contributed by atoms with van der Waals surface area (Å²) < 4.78 is 2.13. The fraction of sp³-hybridized carbons (Fsp3) is 0.444. The van der Waals surface area contributed by atoms with E-state index in [0.29, 0.717) is 12.5 Å². The van der Waals surface area contributed by atoms with E-state index in [1.54, 1.807) is 0 Å². The molecule has 0 aliphatic carbocycles. The van der Waals surface area contributed by atoms with E-state index < -0.39 is 0 Å².